The van der Waals surface area contributed by atoms with Crippen molar-refractivity contribution >= 4 is 39.7 Å². The monoisotopic (exact) mass is 511 g/mol. The number of guanidine groups is 1. The highest BCUT2D eigenvalue weighted by molar-refractivity contribution is 9.10. The Morgan fingerprint density at radius 3 is 2.26 bits per heavy atom. The average Bonchev–Trinajstić information content (AvgIpc) is 2.84. The van der Waals surface area contributed by atoms with Crippen molar-refractivity contribution in [1.82, 2.24) is 9.97 Å². The molecule has 0 fully saturated rings. The first kappa shape index (κ1) is 23.4. The Morgan fingerprint density at radius 2 is 1.56 bits per heavy atom. The summed E-state index contributed by atoms with van der Waals surface area (Å²) in [5.41, 5.74) is 17.0. The minimum absolute atomic E-state index is 0.0378. The first-order chi connectivity index (χ1) is 16.5. The van der Waals surface area contributed by atoms with Gasteiger partial charge in [0.2, 0.25) is 0 Å². The van der Waals surface area contributed by atoms with Crippen LogP contribution in [0, 0.1) is 0 Å². The van der Waals surface area contributed by atoms with Crippen molar-refractivity contribution in [1.29, 1.82) is 0 Å². The van der Waals surface area contributed by atoms with E-state index >= 15 is 0 Å². The lowest BCUT2D eigenvalue weighted by Crippen LogP contribution is -2.21. The van der Waals surface area contributed by atoms with Gasteiger partial charge < -0.3 is 11.5 Å². The van der Waals surface area contributed by atoms with E-state index in [4.69, 9.17) is 21.4 Å². The lowest BCUT2D eigenvalue weighted by molar-refractivity contribution is 0.794. The van der Waals surface area contributed by atoms with Gasteiger partial charge in [0.15, 0.2) is 11.8 Å². The second-order valence-electron chi connectivity index (χ2n) is 7.91. The summed E-state index contributed by atoms with van der Waals surface area (Å²) in [6.07, 6.45) is 6.88. The van der Waals surface area contributed by atoms with Gasteiger partial charge in [-0.15, -0.1) is 0 Å². The molecule has 0 aliphatic carbocycles. The van der Waals surface area contributed by atoms with E-state index in [0.29, 0.717) is 11.5 Å². The summed E-state index contributed by atoms with van der Waals surface area (Å²) in [6.45, 7) is 0. The Morgan fingerprint density at radius 1 is 0.824 bits per heavy atom. The standard InChI is InChI=1S/C28H26BrN5/c29-23-14-9-21(10-15-23)11-18-27-32-25(8-4-7-20-5-2-1-3-6-20)19-26(34-27)22-12-16-24(17-13-22)33-28(30)31/h1-3,5-6,9-19H,4,7-8H2,(H4,30,31,33). The van der Waals surface area contributed by atoms with E-state index in [9.17, 15) is 0 Å². The topological polar surface area (TPSA) is 90.2 Å². The summed E-state index contributed by atoms with van der Waals surface area (Å²) in [7, 11) is 0. The highest BCUT2D eigenvalue weighted by atomic mass is 79.9. The van der Waals surface area contributed by atoms with E-state index in [1.54, 1.807) is 0 Å². The zero-order chi connectivity index (χ0) is 23.8. The molecule has 0 bridgehead atoms. The van der Waals surface area contributed by atoms with Crippen molar-refractivity contribution in [2.75, 3.05) is 0 Å². The molecular weight excluding hydrogens is 486 g/mol. The van der Waals surface area contributed by atoms with Crippen LogP contribution in [0.1, 0.15) is 29.1 Å². The van der Waals surface area contributed by atoms with Crippen molar-refractivity contribution in [2.45, 2.75) is 19.3 Å². The quantitative estimate of drug-likeness (QED) is 0.219. The van der Waals surface area contributed by atoms with E-state index in [1.165, 1.54) is 5.56 Å². The fourth-order valence-electron chi connectivity index (χ4n) is 3.59. The van der Waals surface area contributed by atoms with Crippen LogP contribution in [0.25, 0.3) is 23.4 Å². The van der Waals surface area contributed by atoms with Gasteiger partial charge in [0.05, 0.1) is 11.4 Å². The van der Waals surface area contributed by atoms with Gasteiger partial charge in [0.1, 0.15) is 0 Å². The lowest BCUT2D eigenvalue weighted by atomic mass is 10.1. The molecular formula is C28H26BrN5. The van der Waals surface area contributed by atoms with Crippen molar-refractivity contribution in [2.24, 2.45) is 16.5 Å². The number of halogens is 1. The van der Waals surface area contributed by atoms with Crippen LogP contribution in [0.3, 0.4) is 0 Å². The summed E-state index contributed by atoms with van der Waals surface area (Å²) < 4.78 is 1.05. The maximum atomic E-state index is 5.49. The minimum atomic E-state index is 0.0378. The third kappa shape index (κ3) is 6.86. The third-order valence-corrected chi connectivity index (χ3v) is 5.78. The normalized spacial score (nSPS) is 11.0. The van der Waals surface area contributed by atoms with Crippen LogP contribution in [0.15, 0.2) is 94.4 Å². The number of benzene rings is 3. The molecule has 34 heavy (non-hydrogen) atoms. The van der Waals surface area contributed by atoms with Crippen molar-refractivity contribution in [3.8, 4) is 11.3 Å². The summed E-state index contributed by atoms with van der Waals surface area (Å²) in [5.74, 6) is 0.722. The molecule has 0 aliphatic heterocycles. The highest BCUT2D eigenvalue weighted by Gasteiger charge is 2.07. The smallest absolute Gasteiger partial charge is 0.191 e. The Hall–Kier alpha value is -3.77. The van der Waals surface area contributed by atoms with Gasteiger partial charge in [-0.05, 0) is 66.8 Å². The predicted octanol–water partition coefficient (Wildman–Crippen LogP) is 6.16. The maximum absolute atomic E-state index is 5.49. The number of rotatable bonds is 8. The number of nitrogens with zero attached hydrogens (tertiary/aromatic N) is 3. The van der Waals surface area contributed by atoms with Crippen molar-refractivity contribution < 1.29 is 0 Å². The summed E-state index contributed by atoms with van der Waals surface area (Å²) in [4.78, 5) is 13.7. The largest absolute Gasteiger partial charge is 0.370 e. The van der Waals surface area contributed by atoms with Gasteiger partial charge in [-0.25, -0.2) is 15.0 Å². The number of aryl methyl sites for hydroxylation is 2. The van der Waals surface area contributed by atoms with Gasteiger partial charge in [-0.1, -0.05) is 76.6 Å². The highest BCUT2D eigenvalue weighted by Crippen LogP contribution is 2.23. The van der Waals surface area contributed by atoms with Gasteiger partial charge in [-0.2, -0.15) is 0 Å². The van der Waals surface area contributed by atoms with Crippen LogP contribution in [0.2, 0.25) is 0 Å². The molecule has 0 saturated heterocycles. The zero-order valence-electron chi connectivity index (χ0n) is 18.7. The van der Waals surface area contributed by atoms with E-state index in [2.05, 4.69) is 51.3 Å². The second-order valence-corrected chi connectivity index (χ2v) is 8.83. The molecule has 4 rings (SSSR count). The van der Waals surface area contributed by atoms with Crippen molar-refractivity contribution in [3.63, 3.8) is 0 Å². The third-order valence-electron chi connectivity index (χ3n) is 5.25. The molecule has 0 radical (unpaired) electrons. The van der Waals surface area contributed by atoms with E-state index in [0.717, 1.165) is 46.2 Å². The van der Waals surface area contributed by atoms with E-state index in [1.807, 2.05) is 66.7 Å². The number of aromatic nitrogens is 2. The molecule has 170 valence electrons. The van der Waals surface area contributed by atoms with E-state index in [-0.39, 0.29) is 5.96 Å². The fourth-order valence-corrected chi connectivity index (χ4v) is 3.85. The first-order valence-corrected chi connectivity index (χ1v) is 11.9. The van der Waals surface area contributed by atoms with Crippen LogP contribution in [-0.2, 0) is 12.8 Å². The zero-order valence-corrected chi connectivity index (χ0v) is 20.3. The Labute approximate surface area is 208 Å². The molecule has 0 amide bonds. The number of hydrogen-bond donors (Lipinski definition) is 2. The molecule has 5 nitrogen and oxygen atoms in total. The Balaban J connectivity index is 1.59. The summed E-state index contributed by atoms with van der Waals surface area (Å²) in [6, 6.07) is 28.4. The summed E-state index contributed by atoms with van der Waals surface area (Å²) in [5, 5.41) is 0. The minimum Gasteiger partial charge on any atom is -0.370 e. The molecule has 0 unspecified atom stereocenters. The predicted molar refractivity (Wildman–Crippen MR) is 144 cm³/mol. The lowest BCUT2D eigenvalue weighted by Gasteiger charge is -2.08. The molecule has 1 aromatic heterocycles. The average molecular weight is 512 g/mol. The van der Waals surface area contributed by atoms with Gasteiger partial charge in [-0.3, -0.25) is 0 Å². The second kappa shape index (κ2) is 11.4. The van der Waals surface area contributed by atoms with Crippen LogP contribution in [0.4, 0.5) is 5.69 Å². The van der Waals surface area contributed by atoms with Crippen LogP contribution in [0.5, 0.6) is 0 Å². The van der Waals surface area contributed by atoms with Crippen LogP contribution in [-0.4, -0.2) is 15.9 Å². The number of hydrogen-bond acceptors (Lipinski definition) is 3. The first-order valence-electron chi connectivity index (χ1n) is 11.1. The molecule has 1 heterocycles. The van der Waals surface area contributed by atoms with Crippen LogP contribution >= 0.6 is 15.9 Å². The van der Waals surface area contributed by atoms with Gasteiger partial charge in [0, 0.05) is 15.7 Å². The fraction of sp³-hybridized carbons (Fsp3) is 0.107. The van der Waals surface area contributed by atoms with Crippen LogP contribution < -0.4 is 11.5 Å². The Bertz CT molecular complexity index is 1280. The molecule has 3 aromatic carbocycles. The molecule has 0 saturated carbocycles. The van der Waals surface area contributed by atoms with Gasteiger partial charge in [0.25, 0.3) is 0 Å². The molecule has 6 heteroatoms. The maximum Gasteiger partial charge on any atom is 0.191 e. The molecule has 0 atom stereocenters. The Kier molecular flexibility index (Phi) is 7.83. The molecule has 0 spiro atoms. The summed E-state index contributed by atoms with van der Waals surface area (Å²) >= 11 is 3.47. The SMILES string of the molecule is NC(N)=Nc1ccc(-c2cc(CCCc3ccccc3)nc(C=Cc3ccc(Br)cc3)n2)cc1. The number of aliphatic imine (C=N–C) groups is 1. The molecule has 4 aromatic rings. The molecule has 4 N–H and O–H groups in total. The van der Waals surface area contributed by atoms with Gasteiger partial charge >= 0.3 is 0 Å². The molecule has 0 aliphatic rings. The van der Waals surface area contributed by atoms with E-state index < -0.39 is 0 Å². The number of nitrogens with two attached hydrogens (primary N) is 2. The van der Waals surface area contributed by atoms with Crippen molar-refractivity contribution in [3.05, 3.63) is 112 Å².